The van der Waals surface area contributed by atoms with E-state index in [4.69, 9.17) is 13.0 Å². The molecule has 15 rings (SSSR count). The Kier molecular flexibility index (Phi) is 14.4. The van der Waals surface area contributed by atoms with Gasteiger partial charge in [-0.05, 0) is 165 Å². The summed E-state index contributed by atoms with van der Waals surface area (Å²) in [6, 6.07) is 96.6. The normalized spacial score (nSPS) is 12.6. The van der Waals surface area contributed by atoms with Crippen LogP contribution in [0, 0.1) is 0 Å². The van der Waals surface area contributed by atoms with Crippen LogP contribution in [0.5, 0.6) is 0 Å². The number of hydrogen-bond acceptors (Lipinski definition) is 3. The van der Waals surface area contributed by atoms with Gasteiger partial charge < -0.3 is 9.80 Å². The van der Waals surface area contributed by atoms with Crippen molar-refractivity contribution < 1.29 is 4.11 Å². The van der Waals surface area contributed by atoms with Crippen LogP contribution >= 0.6 is 22.9 Å². The van der Waals surface area contributed by atoms with E-state index >= 15 is 0 Å². The third kappa shape index (κ3) is 11.0. The van der Waals surface area contributed by atoms with E-state index in [1.165, 1.54) is 49.0 Å². The largest absolute Gasteiger partial charge is 0.309 e. The maximum absolute atomic E-state index is 10.2. The van der Waals surface area contributed by atoms with Crippen molar-refractivity contribution in [1.82, 2.24) is 0 Å². The molecule has 2 nitrogen and oxygen atoms in total. The minimum Gasteiger partial charge on any atom is -0.309 e. The van der Waals surface area contributed by atoms with Gasteiger partial charge in [0.1, 0.15) is 0 Å². The second-order valence-corrected chi connectivity index (χ2v) is 29.3. The molecule has 0 fully saturated rings. The number of rotatable bonds is 12. The smallest absolute Gasteiger partial charge is 0.0661 e. The van der Waals surface area contributed by atoms with Crippen LogP contribution in [-0.2, 0) is 16.2 Å². The van der Waals surface area contributed by atoms with Crippen LogP contribution in [0.3, 0.4) is 0 Å². The molecule has 0 aliphatic carbocycles. The zero-order valence-corrected chi connectivity index (χ0v) is 56.2. The first-order chi connectivity index (χ1) is 46.7. The summed E-state index contributed by atoms with van der Waals surface area (Å²) in [6.45, 7) is 20.5. The van der Waals surface area contributed by atoms with Crippen LogP contribution in [0.1, 0.15) is 83.1 Å². The van der Waals surface area contributed by atoms with Gasteiger partial charge in [0.2, 0.25) is 0 Å². The summed E-state index contributed by atoms with van der Waals surface area (Å²) >= 11 is 8.99. The summed E-state index contributed by atoms with van der Waals surface area (Å²) in [5.74, 6) is 0. The number of hydrogen-bond donors (Lipinski definition) is 0. The maximum Gasteiger partial charge on any atom is 0.0661 e. The molecule has 0 N–H and O–H groups in total. The molecule has 0 radical (unpaired) electrons. The van der Waals surface area contributed by atoms with Gasteiger partial charge in [-0.15, -0.1) is 11.3 Å². The average Bonchev–Trinajstić information content (AvgIpc) is 1.66. The molecule has 0 saturated heterocycles. The van der Waals surface area contributed by atoms with Crippen molar-refractivity contribution in [3.63, 3.8) is 0 Å². The number of anilines is 6. The van der Waals surface area contributed by atoms with Gasteiger partial charge in [0.05, 0.1) is 21.2 Å². The van der Waals surface area contributed by atoms with Crippen molar-refractivity contribution in [2.24, 2.45) is 0 Å². The molecule has 0 unspecified atom stereocenters. The first-order valence-corrected chi connectivity index (χ1v) is 33.8. The monoisotopic (exact) mass is 1250 g/mol. The Morgan fingerprint density at radius 3 is 1.27 bits per heavy atom. The van der Waals surface area contributed by atoms with Gasteiger partial charge in [-0.25, -0.2) is 0 Å². The molecule has 1 heterocycles. The van der Waals surface area contributed by atoms with Gasteiger partial charge in [0.25, 0.3) is 0 Å². The Labute approximate surface area is 567 Å². The summed E-state index contributed by atoms with van der Waals surface area (Å²) < 4.78 is 30.0. The molecular weight excluding hydrogens is 1180 g/mol. The average molecular weight is 1260 g/mol. The molecule has 1 aromatic heterocycles. The summed E-state index contributed by atoms with van der Waals surface area (Å²) in [4.78, 5) is 4.71. The molecule has 0 amide bonds. The van der Waals surface area contributed by atoms with Gasteiger partial charge in [0.15, 0.2) is 0 Å². The lowest BCUT2D eigenvalue weighted by Crippen LogP contribution is -2.20. The van der Waals surface area contributed by atoms with E-state index in [1.807, 2.05) is 12.1 Å². The van der Waals surface area contributed by atoms with E-state index in [1.54, 1.807) is 17.4 Å². The number of nitrogens with zero attached hydrogens (tertiary/aromatic N) is 2. The second kappa shape index (κ2) is 23.8. The molecule has 14 aromatic carbocycles. The lowest BCUT2D eigenvalue weighted by atomic mass is 9.81. The number of thiophene rings is 1. The predicted octanol–water partition coefficient (Wildman–Crippen LogP) is 27.3. The quantitative estimate of drug-likeness (QED) is 0.113. The summed E-state index contributed by atoms with van der Waals surface area (Å²) in [5.41, 5.74) is 20.1. The molecule has 0 aliphatic heterocycles. The Morgan fingerprint density at radius 1 is 0.340 bits per heavy atom. The first-order valence-electron chi connectivity index (χ1n) is 34.1. The van der Waals surface area contributed by atoms with E-state index in [2.05, 4.69) is 326 Å². The first kappa shape index (κ1) is 56.7. The summed E-state index contributed by atoms with van der Waals surface area (Å²) in [6.07, 6.45) is 0. The highest BCUT2D eigenvalue weighted by molar-refractivity contribution is 7.18. The van der Waals surface area contributed by atoms with Crippen molar-refractivity contribution in [3.05, 3.63) is 312 Å². The Morgan fingerprint density at radius 2 is 0.755 bits per heavy atom. The zero-order valence-electron chi connectivity index (χ0n) is 57.7. The van der Waals surface area contributed by atoms with Crippen LogP contribution in [0.15, 0.2) is 290 Å². The number of fused-ring (bicyclic) bond motifs is 1. The van der Waals surface area contributed by atoms with Gasteiger partial charge in [-0.2, -0.15) is 0 Å². The molecular formula is C90H75ClN2S. The minimum atomic E-state index is -0.449. The number of benzene rings is 14. The van der Waals surface area contributed by atoms with Crippen LogP contribution < -0.4 is 9.80 Å². The van der Waals surface area contributed by atoms with Crippen LogP contribution in [0.25, 0.3) is 109 Å². The second-order valence-electron chi connectivity index (χ2n) is 28.0. The fourth-order valence-corrected chi connectivity index (χ4v) is 15.1. The van der Waals surface area contributed by atoms with E-state index in [9.17, 15) is 2.74 Å². The lowest BCUT2D eigenvalue weighted by molar-refractivity contribution is 0.590. The zero-order chi connectivity index (χ0) is 67.2. The third-order valence-electron chi connectivity index (χ3n) is 18.7. The van der Waals surface area contributed by atoms with Crippen molar-refractivity contribution in [2.75, 3.05) is 9.80 Å². The van der Waals surface area contributed by atoms with E-state index in [0.717, 1.165) is 105 Å². The van der Waals surface area contributed by atoms with Gasteiger partial charge >= 0.3 is 0 Å². The van der Waals surface area contributed by atoms with Crippen molar-refractivity contribution in [2.45, 2.75) is 78.6 Å². The summed E-state index contributed by atoms with van der Waals surface area (Å²) in [5, 5.41) is 10.9. The highest BCUT2D eigenvalue weighted by Gasteiger charge is 2.33. The maximum atomic E-state index is 10.2. The van der Waals surface area contributed by atoms with Gasteiger partial charge in [-0.3, -0.25) is 0 Å². The molecule has 94 heavy (non-hydrogen) atoms. The Bertz CT molecular complexity index is 5370. The Hall–Kier alpha value is -10.0. The van der Waals surface area contributed by atoms with Gasteiger partial charge in [-0.1, -0.05) is 298 Å². The highest BCUT2D eigenvalue weighted by Crippen LogP contribution is 2.56. The molecule has 0 atom stereocenters. The van der Waals surface area contributed by atoms with Crippen LogP contribution in [0.4, 0.5) is 34.1 Å². The molecule has 0 aliphatic rings. The number of halogens is 1. The Balaban J connectivity index is 1.07. The molecule has 0 spiro atoms. The SMILES string of the molecule is [2H]c1cc(N(c2cc(N(c3c(-c4ccccc4)cc(C(C)(C)C)cc3-c3ccccc3)c3csc4c(-c5ccccc5-c5ccc6ccc7cccc8ccc5c6c78)cccc34)cc(C(C)(C)C)c2)c2c(-c3ccccc3)cc(C(C)(C)C)cc2-c2ccccc2)c([2H])c(Cl)c1[2H]. The van der Waals surface area contributed by atoms with Crippen molar-refractivity contribution in [1.29, 1.82) is 0 Å². The highest BCUT2D eigenvalue weighted by atomic mass is 35.5. The molecule has 458 valence electrons. The van der Waals surface area contributed by atoms with E-state index in [0.29, 0.717) is 5.69 Å². The van der Waals surface area contributed by atoms with Crippen LogP contribution in [-0.4, -0.2) is 0 Å². The van der Waals surface area contributed by atoms with E-state index in [-0.39, 0.29) is 34.0 Å². The summed E-state index contributed by atoms with van der Waals surface area (Å²) in [7, 11) is 0. The predicted molar refractivity (Wildman–Crippen MR) is 409 cm³/mol. The molecule has 0 saturated carbocycles. The molecule has 15 aromatic rings. The minimum absolute atomic E-state index is 0.0469. The van der Waals surface area contributed by atoms with E-state index < -0.39 is 5.41 Å². The van der Waals surface area contributed by atoms with Crippen molar-refractivity contribution >= 4 is 99.5 Å². The topological polar surface area (TPSA) is 6.48 Å². The molecule has 0 bridgehead atoms. The third-order valence-corrected chi connectivity index (χ3v) is 20.0. The fraction of sp³-hybridized carbons (Fsp3) is 0.133. The molecule has 4 heteroatoms. The van der Waals surface area contributed by atoms with Crippen LogP contribution in [0.2, 0.25) is 5.02 Å². The fourth-order valence-electron chi connectivity index (χ4n) is 13.9. The van der Waals surface area contributed by atoms with Crippen molar-refractivity contribution in [3.8, 4) is 66.8 Å². The standard InChI is InChI=1S/C90H75ClN2S/c1-88(2,3)65-49-70(92(69-38-25-37-68(91)55-69)85-78(58-27-14-10-15-28-58)51-66(89(4,5)6)52-79(85)59-29-16-11-17-30-59)56-71(50-65)93(86-80(60-31-18-12-19-32-60)53-67(90(7,8)9)54-81(86)61-33-20-13-21-34-61)82-57-94-87-76(41-26-42-77(82)87)73-40-23-22-39-72(73)74-47-45-64-44-43-62-35-24-36-63-46-48-75(74)84(64)83(62)63/h10-57H,1-9H3/i25D,37D,55D. The lowest BCUT2D eigenvalue weighted by Gasteiger charge is -2.36. The van der Waals surface area contributed by atoms with Gasteiger partial charge in [0, 0.05) is 65.4 Å².